The van der Waals surface area contributed by atoms with Crippen molar-refractivity contribution in [2.24, 2.45) is 0 Å². The highest BCUT2D eigenvalue weighted by atomic mass is 32.2. The van der Waals surface area contributed by atoms with Gasteiger partial charge in [-0.15, -0.1) is 0 Å². The van der Waals surface area contributed by atoms with E-state index in [-0.39, 0.29) is 17.8 Å². The average molecular weight is 446 g/mol. The Morgan fingerprint density at radius 1 is 0.968 bits per heavy atom. The van der Waals surface area contributed by atoms with Crippen molar-refractivity contribution in [1.29, 1.82) is 0 Å². The first kappa shape index (κ1) is 21.8. The number of hydrogen-bond donors (Lipinski definition) is 1. The molecule has 0 bridgehead atoms. The summed E-state index contributed by atoms with van der Waals surface area (Å²) in [6.07, 6.45) is 3.92. The van der Waals surface area contributed by atoms with Gasteiger partial charge in [-0.2, -0.15) is 0 Å². The Morgan fingerprint density at radius 2 is 1.61 bits per heavy atom. The number of hydrogen-bond acceptors (Lipinski definition) is 4. The standard InChI is InChI=1S/C23H28FN3O3S/c1-31(29,30)25-21-8-4-18(5-9-21)19-10-13-26(14-11-19)22-12-15-27(23(22)28)16-17-2-6-20(24)7-3-17/h2-9,19,22,25H,10-16H2,1H3/t22-/m1/s1. The Morgan fingerprint density at radius 3 is 2.23 bits per heavy atom. The van der Waals surface area contributed by atoms with E-state index in [9.17, 15) is 17.6 Å². The normalized spacial score (nSPS) is 20.9. The van der Waals surface area contributed by atoms with E-state index in [1.165, 1.54) is 17.7 Å². The van der Waals surface area contributed by atoms with Crippen LogP contribution in [0.4, 0.5) is 10.1 Å². The van der Waals surface area contributed by atoms with E-state index < -0.39 is 10.0 Å². The van der Waals surface area contributed by atoms with Crippen molar-refractivity contribution in [3.05, 3.63) is 65.5 Å². The van der Waals surface area contributed by atoms with Gasteiger partial charge in [-0.25, -0.2) is 12.8 Å². The Hall–Kier alpha value is -2.45. The molecule has 2 aromatic rings. The topological polar surface area (TPSA) is 69.7 Å². The molecule has 6 nitrogen and oxygen atoms in total. The quantitative estimate of drug-likeness (QED) is 0.742. The monoisotopic (exact) mass is 445 g/mol. The van der Waals surface area contributed by atoms with E-state index in [1.54, 1.807) is 24.3 Å². The highest BCUT2D eigenvalue weighted by Crippen LogP contribution is 2.31. The van der Waals surface area contributed by atoms with Crippen LogP contribution in [0.5, 0.6) is 0 Å². The summed E-state index contributed by atoms with van der Waals surface area (Å²) in [7, 11) is -3.27. The summed E-state index contributed by atoms with van der Waals surface area (Å²) in [5.41, 5.74) is 2.72. The zero-order valence-electron chi connectivity index (χ0n) is 17.6. The Kier molecular flexibility index (Phi) is 6.29. The number of halogens is 1. The predicted molar refractivity (Wildman–Crippen MR) is 119 cm³/mol. The molecular weight excluding hydrogens is 417 g/mol. The molecule has 2 aliphatic heterocycles. The molecule has 2 heterocycles. The molecule has 0 aromatic heterocycles. The SMILES string of the molecule is CS(=O)(=O)Nc1ccc(C2CCN([C@@H]3CCN(Cc4ccc(F)cc4)C3=O)CC2)cc1. The molecule has 0 saturated carbocycles. The highest BCUT2D eigenvalue weighted by molar-refractivity contribution is 7.92. The van der Waals surface area contributed by atoms with Crippen molar-refractivity contribution >= 4 is 21.6 Å². The number of nitrogens with zero attached hydrogens (tertiary/aromatic N) is 2. The van der Waals surface area contributed by atoms with E-state index in [4.69, 9.17) is 0 Å². The molecule has 1 amide bonds. The highest BCUT2D eigenvalue weighted by Gasteiger charge is 2.37. The third-order valence-electron chi connectivity index (χ3n) is 6.21. The van der Waals surface area contributed by atoms with Crippen LogP contribution in [0.25, 0.3) is 0 Å². The van der Waals surface area contributed by atoms with E-state index in [0.29, 0.717) is 18.2 Å². The van der Waals surface area contributed by atoms with Crippen molar-refractivity contribution in [2.45, 2.75) is 37.8 Å². The van der Waals surface area contributed by atoms with Crippen molar-refractivity contribution in [3.8, 4) is 0 Å². The first-order chi connectivity index (χ1) is 14.8. The first-order valence-electron chi connectivity index (χ1n) is 10.6. The smallest absolute Gasteiger partial charge is 0.240 e. The second-order valence-corrected chi connectivity index (χ2v) is 10.2. The van der Waals surface area contributed by atoms with Gasteiger partial charge >= 0.3 is 0 Å². The molecule has 0 unspecified atom stereocenters. The summed E-state index contributed by atoms with van der Waals surface area (Å²) in [6, 6.07) is 13.8. The van der Waals surface area contributed by atoms with Gasteiger partial charge in [-0.3, -0.25) is 14.4 Å². The summed E-state index contributed by atoms with van der Waals surface area (Å²) >= 11 is 0. The lowest BCUT2D eigenvalue weighted by Gasteiger charge is -2.35. The molecule has 1 N–H and O–H groups in total. The number of piperidine rings is 1. The van der Waals surface area contributed by atoms with Crippen LogP contribution < -0.4 is 4.72 Å². The molecule has 2 fully saturated rings. The van der Waals surface area contributed by atoms with E-state index in [0.717, 1.165) is 50.7 Å². The largest absolute Gasteiger partial charge is 0.337 e. The molecule has 166 valence electrons. The van der Waals surface area contributed by atoms with Crippen LogP contribution in [0.3, 0.4) is 0 Å². The van der Waals surface area contributed by atoms with Crippen molar-refractivity contribution in [1.82, 2.24) is 9.80 Å². The lowest BCUT2D eigenvalue weighted by molar-refractivity contribution is -0.133. The number of likely N-dealkylation sites (tertiary alicyclic amines) is 2. The molecule has 2 aromatic carbocycles. The van der Waals surface area contributed by atoms with Gasteiger partial charge < -0.3 is 4.90 Å². The minimum Gasteiger partial charge on any atom is -0.337 e. The minimum atomic E-state index is -3.27. The van der Waals surface area contributed by atoms with Gasteiger partial charge in [0.1, 0.15) is 5.82 Å². The summed E-state index contributed by atoms with van der Waals surface area (Å²) in [5.74, 6) is 0.313. The molecule has 2 saturated heterocycles. The maximum absolute atomic E-state index is 13.1. The van der Waals surface area contributed by atoms with Gasteiger partial charge in [0.05, 0.1) is 12.3 Å². The molecule has 0 radical (unpaired) electrons. The molecule has 8 heteroatoms. The van der Waals surface area contributed by atoms with Gasteiger partial charge in [0.2, 0.25) is 15.9 Å². The maximum atomic E-state index is 13.1. The van der Waals surface area contributed by atoms with Crippen LogP contribution in [0.2, 0.25) is 0 Å². The van der Waals surface area contributed by atoms with Crippen LogP contribution in [0.1, 0.15) is 36.3 Å². The molecule has 4 rings (SSSR count). The van der Waals surface area contributed by atoms with Crippen molar-refractivity contribution in [2.75, 3.05) is 30.6 Å². The molecule has 1 atom stereocenters. The summed E-state index contributed by atoms with van der Waals surface area (Å²) in [6.45, 7) is 3.00. The first-order valence-corrected chi connectivity index (χ1v) is 12.5. The number of anilines is 1. The number of rotatable bonds is 6. The predicted octanol–water partition coefficient (Wildman–Crippen LogP) is 3.18. The van der Waals surface area contributed by atoms with Gasteiger partial charge in [0.25, 0.3) is 0 Å². The average Bonchev–Trinajstić information content (AvgIpc) is 3.09. The zero-order valence-corrected chi connectivity index (χ0v) is 18.4. The van der Waals surface area contributed by atoms with Gasteiger partial charge in [0, 0.05) is 18.8 Å². The van der Waals surface area contributed by atoms with E-state index in [1.807, 2.05) is 17.0 Å². The van der Waals surface area contributed by atoms with E-state index >= 15 is 0 Å². The number of sulfonamides is 1. The number of carbonyl (C=O) groups excluding carboxylic acids is 1. The van der Waals surface area contributed by atoms with Gasteiger partial charge in [-0.1, -0.05) is 24.3 Å². The fourth-order valence-corrected chi connectivity index (χ4v) is 5.17. The molecule has 0 aliphatic carbocycles. The van der Waals surface area contributed by atoms with Gasteiger partial charge in [0.15, 0.2) is 0 Å². The third-order valence-corrected chi connectivity index (χ3v) is 6.82. The number of nitrogens with one attached hydrogen (secondary N) is 1. The zero-order chi connectivity index (χ0) is 22.0. The number of amides is 1. The van der Waals surface area contributed by atoms with Crippen LogP contribution in [-0.4, -0.2) is 56.1 Å². The summed E-state index contributed by atoms with van der Waals surface area (Å²) < 4.78 is 38.3. The number of benzene rings is 2. The van der Waals surface area contributed by atoms with Crippen LogP contribution in [-0.2, 0) is 21.4 Å². The molecule has 0 spiro atoms. The molecular formula is C23H28FN3O3S. The summed E-state index contributed by atoms with van der Waals surface area (Å²) in [4.78, 5) is 17.1. The summed E-state index contributed by atoms with van der Waals surface area (Å²) in [5, 5.41) is 0. The fourth-order valence-electron chi connectivity index (χ4n) is 4.61. The Balaban J connectivity index is 1.30. The molecule has 31 heavy (non-hydrogen) atoms. The number of carbonyl (C=O) groups is 1. The van der Waals surface area contributed by atoms with Crippen molar-refractivity contribution in [3.63, 3.8) is 0 Å². The van der Waals surface area contributed by atoms with E-state index in [2.05, 4.69) is 9.62 Å². The van der Waals surface area contributed by atoms with Crippen molar-refractivity contribution < 1.29 is 17.6 Å². The Bertz CT molecular complexity index is 1020. The van der Waals surface area contributed by atoms with Crippen LogP contribution in [0.15, 0.2) is 48.5 Å². The molecule has 2 aliphatic rings. The Labute approximate surface area is 183 Å². The third kappa shape index (κ3) is 5.43. The van der Waals surface area contributed by atoms with Gasteiger partial charge in [-0.05, 0) is 73.7 Å². The maximum Gasteiger partial charge on any atom is 0.240 e. The second kappa shape index (κ2) is 8.96. The fraction of sp³-hybridized carbons (Fsp3) is 0.435. The second-order valence-electron chi connectivity index (χ2n) is 8.50. The minimum absolute atomic E-state index is 0.0669. The van der Waals surface area contributed by atoms with Crippen LogP contribution in [0, 0.1) is 5.82 Å². The van der Waals surface area contributed by atoms with Crippen LogP contribution >= 0.6 is 0 Å². The lowest BCUT2D eigenvalue weighted by Crippen LogP contribution is -2.45. The lowest BCUT2D eigenvalue weighted by atomic mass is 9.88.